The smallest absolute Gasteiger partial charge is 1.00 e. The first kappa shape index (κ1) is 24.8. The molecule has 76 valence electrons. The monoisotopic (exact) mass is 265 g/mol. The molecule has 0 aliphatic heterocycles. The molecule has 0 saturated carbocycles. The molecule has 0 radical (unpaired) electrons. The number of carbonyl (C=O) groups is 2. The minimum atomic E-state index is -2.16. The molecule has 2 atom stereocenters. The Hall–Kier alpha value is 1.75. The van der Waals surface area contributed by atoms with Gasteiger partial charge in [0.15, 0.2) is 6.10 Å². The Morgan fingerprint density at radius 3 is 1.71 bits per heavy atom. The molecular formula is C4H10ClKNNaO6. The number of nitrogens with two attached hydrogens (primary N) is 1. The number of carboxylic acids is 2. The van der Waals surface area contributed by atoms with Crippen LogP contribution in [0.1, 0.15) is 2.85 Å². The Kier molecular flexibility index (Phi) is 22.7. The Labute approximate surface area is 153 Å². The van der Waals surface area contributed by atoms with Crippen molar-refractivity contribution in [1.82, 2.24) is 0 Å². The fourth-order valence-electron chi connectivity index (χ4n) is 0.397. The van der Waals surface area contributed by atoms with Crippen molar-refractivity contribution in [3.05, 3.63) is 0 Å². The van der Waals surface area contributed by atoms with Crippen LogP contribution < -0.4 is 86.8 Å². The van der Waals surface area contributed by atoms with Gasteiger partial charge in [-0.25, -0.2) is 15.5 Å². The largest absolute Gasteiger partial charge is 1.00 e. The van der Waals surface area contributed by atoms with Gasteiger partial charge in [-0.05, 0) is 0 Å². The summed E-state index contributed by atoms with van der Waals surface area (Å²) in [5.74, 6) is 1.07. The summed E-state index contributed by atoms with van der Waals surface area (Å²) in [6.45, 7) is 0. The van der Waals surface area contributed by atoms with Crippen molar-refractivity contribution in [1.29, 1.82) is 0 Å². The summed E-state index contributed by atoms with van der Waals surface area (Å²) in [5, 5.41) is 24.8. The Bertz CT molecular complexity index is 192. The van der Waals surface area contributed by atoms with E-state index in [2.05, 4.69) is 10.7 Å². The van der Waals surface area contributed by atoms with Crippen molar-refractivity contribution in [3.63, 3.8) is 0 Å². The van der Waals surface area contributed by atoms with Crippen LogP contribution in [0.4, 0.5) is 0 Å². The Morgan fingerprint density at radius 1 is 1.29 bits per heavy atom. The summed E-state index contributed by atoms with van der Waals surface area (Å²) in [7, 11) is 0. The zero-order chi connectivity index (χ0) is 9.02. The van der Waals surface area contributed by atoms with Gasteiger partial charge in [-0.2, -0.15) is 0 Å². The Morgan fingerprint density at radius 2 is 1.64 bits per heavy atom. The average Bonchev–Trinajstić information content (AvgIpc) is 1.88. The molecule has 0 aliphatic carbocycles. The number of carboxylic acid groups (broad SMARTS) is 2. The molecule has 0 rings (SSSR count). The summed E-state index contributed by atoms with van der Waals surface area (Å²) >= 11 is 0. The minimum Gasteiger partial charge on any atom is -1.00 e. The van der Waals surface area contributed by atoms with E-state index < -0.39 is 24.1 Å². The summed E-state index contributed by atoms with van der Waals surface area (Å²) in [6.07, 6.45) is -4.09. The van der Waals surface area contributed by atoms with Gasteiger partial charge in [0.25, 0.3) is 0 Å². The van der Waals surface area contributed by atoms with E-state index in [4.69, 9.17) is 15.3 Å². The molecule has 0 saturated heterocycles. The van der Waals surface area contributed by atoms with E-state index in [0.717, 1.165) is 0 Å². The molecule has 0 spiro atoms. The zero-order valence-corrected chi connectivity index (χ0v) is 13.6. The van der Waals surface area contributed by atoms with Gasteiger partial charge in [0.05, 0.1) is 0 Å². The number of halogens is 1. The van der Waals surface area contributed by atoms with Crippen molar-refractivity contribution >= 4 is 24.3 Å². The topological polar surface area (TPSA) is 130 Å². The van der Waals surface area contributed by atoms with Gasteiger partial charge in [0.1, 0.15) is 0 Å². The van der Waals surface area contributed by atoms with E-state index in [-0.39, 0.29) is 96.2 Å². The predicted octanol–water partition coefficient (Wildman–Crippen LogP) is -7.57. The molecule has 0 heterocycles. The maximum absolute atomic E-state index is 10.0. The van der Waals surface area contributed by atoms with Crippen molar-refractivity contribution in [2.45, 2.75) is 12.2 Å². The van der Waals surface area contributed by atoms with E-state index >= 15 is 0 Å². The fraction of sp³-hybridized carbons (Fsp3) is 0.500. The van der Waals surface area contributed by atoms with Gasteiger partial charge in [0, 0.05) is 0 Å². The van der Waals surface area contributed by atoms with Crippen LogP contribution in [-0.2, 0) is 14.4 Å². The Balaban J connectivity index is -0.0000000500. The molecule has 0 aromatic carbocycles. The number of aliphatic hydroxyl groups is 1. The van der Waals surface area contributed by atoms with Crippen LogP contribution in [-0.4, -0.2) is 39.5 Å². The van der Waals surface area contributed by atoms with Crippen molar-refractivity contribution in [2.75, 3.05) is 0 Å². The van der Waals surface area contributed by atoms with E-state index in [0.29, 0.717) is 0 Å². The van der Waals surface area contributed by atoms with Gasteiger partial charge in [0.2, 0.25) is 6.10 Å². The van der Waals surface area contributed by atoms with Crippen LogP contribution in [0.25, 0.3) is 0 Å². The summed E-state index contributed by atoms with van der Waals surface area (Å²) in [4.78, 5) is 23.7. The quantitative estimate of drug-likeness (QED) is 0.293. The van der Waals surface area contributed by atoms with Crippen molar-refractivity contribution in [3.8, 4) is 0 Å². The molecule has 0 aromatic rings. The molecule has 10 heteroatoms. The second-order valence-electron chi connectivity index (χ2n) is 1.68. The first-order valence-corrected chi connectivity index (χ1v) is 2.50. The van der Waals surface area contributed by atoms with E-state index in [1.54, 1.807) is 0 Å². The van der Waals surface area contributed by atoms with Crippen molar-refractivity contribution < 1.29 is 114 Å². The van der Waals surface area contributed by atoms with Crippen LogP contribution in [0.2, 0.25) is 0 Å². The normalized spacial score (nSPS) is 12.1. The predicted molar refractivity (Wildman–Crippen MR) is 39.8 cm³/mol. The number of aliphatic hydroxyl groups excluding tert-OH is 1. The van der Waals surface area contributed by atoms with E-state index in [1.807, 2.05) is 0 Å². The molecule has 0 bridgehead atoms. The molecule has 0 fully saturated rings. The fourth-order valence-corrected chi connectivity index (χ4v) is 0.397. The number of hydrogen-bond donors (Lipinski definition) is 4. The molecule has 14 heavy (non-hydrogen) atoms. The molecule has 0 aromatic heterocycles. The maximum atomic E-state index is 10.0. The first-order chi connectivity index (χ1) is 5.00. The molecule has 0 amide bonds. The third-order valence-corrected chi connectivity index (χ3v) is 0.930. The number of rotatable bonds is 4. The van der Waals surface area contributed by atoms with Crippen molar-refractivity contribution in [2.24, 2.45) is 5.90 Å². The SMILES string of the molecule is Cl.NOC(C(=O)O)C(O)C(=O)O.[H-].[H-].[K+].[Na+]. The standard InChI is InChI=1S/C4H7NO6.ClH.K.Na.2H/c5-11-2(4(9)10)1(6)3(7)8;;;;;/h1-2,6H,5H2,(H,7,8)(H,9,10);1H;;;;/q;;2*+1;2*-1. The van der Waals surface area contributed by atoms with Gasteiger partial charge >= 0.3 is 92.9 Å². The molecule has 0 aliphatic rings. The third kappa shape index (κ3) is 9.01. The van der Waals surface area contributed by atoms with Crippen LogP contribution in [0, 0.1) is 0 Å². The van der Waals surface area contributed by atoms with Crippen LogP contribution >= 0.6 is 12.4 Å². The summed E-state index contributed by atoms with van der Waals surface area (Å²) < 4.78 is 0. The number of hydrogen-bond acceptors (Lipinski definition) is 5. The minimum absolute atomic E-state index is 0. The van der Waals surface area contributed by atoms with E-state index in [1.165, 1.54) is 0 Å². The first-order valence-electron chi connectivity index (χ1n) is 2.50. The molecule has 7 nitrogen and oxygen atoms in total. The van der Waals surface area contributed by atoms with Crippen LogP contribution in [0.5, 0.6) is 0 Å². The maximum Gasteiger partial charge on any atom is 1.00 e. The third-order valence-electron chi connectivity index (χ3n) is 0.930. The molecule has 2 unspecified atom stereocenters. The van der Waals surface area contributed by atoms with Crippen LogP contribution in [0.3, 0.4) is 0 Å². The van der Waals surface area contributed by atoms with Gasteiger partial charge in [-0.3, -0.25) is 4.84 Å². The summed E-state index contributed by atoms with van der Waals surface area (Å²) in [5.41, 5.74) is 0. The van der Waals surface area contributed by atoms with Gasteiger partial charge < -0.3 is 18.2 Å². The second-order valence-corrected chi connectivity index (χ2v) is 1.68. The number of aliphatic carboxylic acids is 2. The van der Waals surface area contributed by atoms with Gasteiger partial charge in [-0.1, -0.05) is 0 Å². The average molecular weight is 266 g/mol. The van der Waals surface area contributed by atoms with E-state index in [9.17, 15) is 9.59 Å². The summed E-state index contributed by atoms with van der Waals surface area (Å²) in [6, 6.07) is 0. The zero-order valence-electron chi connectivity index (χ0n) is 9.71. The van der Waals surface area contributed by atoms with Gasteiger partial charge in [-0.15, -0.1) is 12.4 Å². The second kappa shape index (κ2) is 12.8. The molecule has 5 N–H and O–H groups in total. The molecular weight excluding hydrogens is 256 g/mol. The van der Waals surface area contributed by atoms with Crippen LogP contribution in [0.15, 0.2) is 0 Å².